The van der Waals surface area contributed by atoms with Gasteiger partial charge < -0.3 is 9.88 Å². The van der Waals surface area contributed by atoms with Gasteiger partial charge in [0.05, 0.1) is 5.02 Å². The second-order valence-corrected chi connectivity index (χ2v) is 4.65. The first-order valence-corrected chi connectivity index (χ1v) is 6.02. The Hall–Kier alpha value is -1.52. The number of pyridine rings is 1. The first-order valence-electron chi connectivity index (χ1n) is 5.26. The summed E-state index contributed by atoms with van der Waals surface area (Å²) in [4.78, 5) is 20.4. The van der Waals surface area contributed by atoms with Gasteiger partial charge in [-0.1, -0.05) is 29.3 Å². The molecule has 94 valence electrons. The van der Waals surface area contributed by atoms with Crippen molar-refractivity contribution in [1.82, 2.24) is 14.9 Å². The number of hydrogen-bond acceptors (Lipinski definition) is 2. The molecule has 0 saturated heterocycles. The topological polar surface area (TPSA) is 49.0 Å². The number of halogens is 2. The van der Waals surface area contributed by atoms with E-state index in [4.69, 9.17) is 23.2 Å². The standard InChI is InChI=1S/C12H11Cl2N3O/c1-17(7-8-3-2-4-15-6-8)12(18)10-5-9(13)11(14)16-10/h2-6,16H,7H2,1H3. The highest BCUT2D eigenvalue weighted by Crippen LogP contribution is 2.22. The van der Waals surface area contributed by atoms with Gasteiger partial charge in [0.2, 0.25) is 0 Å². The minimum atomic E-state index is -0.173. The molecule has 0 saturated carbocycles. The van der Waals surface area contributed by atoms with Crippen LogP contribution in [0.25, 0.3) is 0 Å². The molecule has 0 aliphatic heterocycles. The van der Waals surface area contributed by atoms with Crippen LogP contribution in [0.1, 0.15) is 16.1 Å². The van der Waals surface area contributed by atoms with E-state index < -0.39 is 0 Å². The zero-order valence-corrected chi connectivity index (χ0v) is 11.2. The van der Waals surface area contributed by atoms with Crippen molar-refractivity contribution in [2.24, 2.45) is 0 Å². The summed E-state index contributed by atoms with van der Waals surface area (Å²) in [7, 11) is 1.71. The number of carbonyl (C=O) groups is 1. The quantitative estimate of drug-likeness (QED) is 0.942. The Balaban J connectivity index is 2.09. The van der Waals surface area contributed by atoms with Crippen LogP contribution in [0.3, 0.4) is 0 Å². The Bertz CT molecular complexity index is 534. The lowest BCUT2D eigenvalue weighted by atomic mass is 10.2. The minimum Gasteiger partial charge on any atom is -0.340 e. The minimum absolute atomic E-state index is 0.173. The number of aromatic nitrogens is 2. The van der Waals surface area contributed by atoms with Crippen molar-refractivity contribution in [2.75, 3.05) is 7.05 Å². The van der Waals surface area contributed by atoms with Crippen molar-refractivity contribution in [2.45, 2.75) is 6.54 Å². The lowest BCUT2D eigenvalue weighted by molar-refractivity contribution is 0.0780. The summed E-state index contributed by atoms with van der Waals surface area (Å²) in [6, 6.07) is 5.26. The van der Waals surface area contributed by atoms with Crippen LogP contribution in [-0.4, -0.2) is 27.8 Å². The van der Waals surface area contributed by atoms with Crippen LogP contribution >= 0.6 is 23.2 Å². The summed E-state index contributed by atoms with van der Waals surface area (Å²) in [6.07, 6.45) is 3.41. The fourth-order valence-corrected chi connectivity index (χ4v) is 1.87. The highest BCUT2D eigenvalue weighted by molar-refractivity contribution is 6.41. The van der Waals surface area contributed by atoms with Gasteiger partial charge in [0.1, 0.15) is 10.8 Å². The van der Waals surface area contributed by atoms with Gasteiger partial charge in [-0.05, 0) is 17.7 Å². The van der Waals surface area contributed by atoms with E-state index >= 15 is 0 Å². The van der Waals surface area contributed by atoms with E-state index in [-0.39, 0.29) is 11.1 Å². The van der Waals surface area contributed by atoms with Crippen molar-refractivity contribution < 1.29 is 4.79 Å². The third-order valence-corrected chi connectivity index (χ3v) is 3.14. The summed E-state index contributed by atoms with van der Waals surface area (Å²) in [6.45, 7) is 0.473. The number of aromatic amines is 1. The maximum atomic E-state index is 12.1. The van der Waals surface area contributed by atoms with Gasteiger partial charge in [-0.15, -0.1) is 0 Å². The molecule has 2 aromatic rings. The first-order chi connectivity index (χ1) is 8.58. The smallest absolute Gasteiger partial charge is 0.270 e. The summed E-state index contributed by atoms with van der Waals surface area (Å²) < 4.78 is 0. The fourth-order valence-electron chi connectivity index (χ4n) is 1.56. The number of nitrogens with one attached hydrogen (secondary N) is 1. The molecule has 0 fully saturated rings. The molecule has 0 aromatic carbocycles. The Morgan fingerprint density at radius 3 is 2.83 bits per heavy atom. The summed E-state index contributed by atoms with van der Waals surface area (Å²) in [5.41, 5.74) is 1.33. The average molecular weight is 284 g/mol. The molecule has 0 aliphatic rings. The van der Waals surface area contributed by atoms with Crippen LogP contribution in [0.5, 0.6) is 0 Å². The molecule has 2 aromatic heterocycles. The fraction of sp³-hybridized carbons (Fsp3) is 0.167. The molecule has 0 spiro atoms. The van der Waals surface area contributed by atoms with Gasteiger partial charge in [0, 0.05) is 26.0 Å². The maximum Gasteiger partial charge on any atom is 0.270 e. The Morgan fingerprint density at radius 1 is 1.50 bits per heavy atom. The third-order valence-electron chi connectivity index (χ3n) is 2.44. The normalized spacial score (nSPS) is 10.4. The van der Waals surface area contributed by atoms with Crippen LogP contribution in [0.15, 0.2) is 30.6 Å². The number of carbonyl (C=O) groups excluding carboxylic acids is 1. The average Bonchev–Trinajstić information content (AvgIpc) is 2.70. The lowest BCUT2D eigenvalue weighted by Crippen LogP contribution is -2.26. The second kappa shape index (κ2) is 5.42. The summed E-state index contributed by atoms with van der Waals surface area (Å²) in [5.74, 6) is -0.173. The molecule has 2 heterocycles. The largest absolute Gasteiger partial charge is 0.340 e. The zero-order chi connectivity index (χ0) is 13.1. The van der Waals surface area contributed by atoms with E-state index in [1.807, 2.05) is 12.1 Å². The molecular formula is C12H11Cl2N3O. The third kappa shape index (κ3) is 2.83. The molecule has 1 N–H and O–H groups in total. The molecule has 0 atom stereocenters. The number of H-pyrrole nitrogens is 1. The summed E-state index contributed by atoms with van der Waals surface area (Å²) >= 11 is 11.6. The predicted molar refractivity (Wildman–Crippen MR) is 70.8 cm³/mol. The molecule has 0 aliphatic carbocycles. The van der Waals surface area contributed by atoms with Crippen LogP contribution in [0.4, 0.5) is 0 Å². The second-order valence-electron chi connectivity index (χ2n) is 3.87. The lowest BCUT2D eigenvalue weighted by Gasteiger charge is -2.15. The van der Waals surface area contributed by atoms with E-state index in [2.05, 4.69) is 9.97 Å². The zero-order valence-electron chi connectivity index (χ0n) is 9.65. The summed E-state index contributed by atoms with van der Waals surface area (Å²) in [5, 5.41) is 0.615. The van der Waals surface area contributed by atoms with Gasteiger partial charge in [0.15, 0.2) is 0 Å². The van der Waals surface area contributed by atoms with Gasteiger partial charge >= 0.3 is 0 Å². The van der Waals surface area contributed by atoms with Crippen molar-refractivity contribution in [3.05, 3.63) is 52.0 Å². The van der Waals surface area contributed by atoms with Crippen molar-refractivity contribution in [1.29, 1.82) is 0 Å². The Kier molecular flexibility index (Phi) is 3.89. The van der Waals surface area contributed by atoms with Crippen LogP contribution in [0.2, 0.25) is 10.2 Å². The molecule has 1 amide bonds. The van der Waals surface area contributed by atoms with Gasteiger partial charge in [-0.25, -0.2) is 0 Å². The van der Waals surface area contributed by atoms with E-state index in [0.29, 0.717) is 17.3 Å². The first kappa shape index (κ1) is 12.9. The molecule has 6 heteroatoms. The molecule has 18 heavy (non-hydrogen) atoms. The molecule has 0 bridgehead atoms. The van der Waals surface area contributed by atoms with E-state index in [9.17, 15) is 4.79 Å². The SMILES string of the molecule is CN(Cc1cccnc1)C(=O)c1cc(Cl)c(Cl)[nH]1. The van der Waals surface area contributed by atoms with Crippen LogP contribution in [0, 0.1) is 0 Å². The molecular weight excluding hydrogens is 273 g/mol. The van der Waals surface area contributed by atoms with Gasteiger partial charge in [0.25, 0.3) is 5.91 Å². The number of hydrogen-bond donors (Lipinski definition) is 1. The monoisotopic (exact) mass is 283 g/mol. The Labute approximate surface area is 115 Å². The molecule has 0 radical (unpaired) electrons. The number of amides is 1. The van der Waals surface area contributed by atoms with E-state index in [1.54, 1.807) is 24.3 Å². The number of rotatable bonds is 3. The van der Waals surface area contributed by atoms with Crippen LogP contribution in [-0.2, 0) is 6.54 Å². The number of nitrogens with zero attached hydrogens (tertiary/aromatic N) is 2. The van der Waals surface area contributed by atoms with Gasteiger partial charge in [-0.3, -0.25) is 9.78 Å². The molecule has 4 nitrogen and oxygen atoms in total. The van der Waals surface area contributed by atoms with E-state index in [1.165, 1.54) is 6.07 Å². The van der Waals surface area contributed by atoms with Gasteiger partial charge in [-0.2, -0.15) is 0 Å². The van der Waals surface area contributed by atoms with Crippen molar-refractivity contribution in [3.8, 4) is 0 Å². The van der Waals surface area contributed by atoms with Crippen LogP contribution < -0.4 is 0 Å². The highest BCUT2D eigenvalue weighted by atomic mass is 35.5. The molecule has 0 unspecified atom stereocenters. The highest BCUT2D eigenvalue weighted by Gasteiger charge is 2.16. The van der Waals surface area contributed by atoms with Crippen molar-refractivity contribution >= 4 is 29.1 Å². The molecule has 2 rings (SSSR count). The Morgan fingerprint density at radius 2 is 2.28 bits per heavy atom. The van der Waals surface area contributed by atoms with E-state index in [0.717, 1.165) is 5.56 Å². The maximum absolute atomic E-state index is 12.1. The van der Waals surface area contributed by atoms with Crippen molar-refractivity contribution in [3.63, 3.8) is 0 Å². The predicted octanol–water partition coefficient (Wildman–Crippen LogP) is 2.99.